The van der Waals surface area contributed by atoms with E-state index in [1.165, 1.54) is 0 Å². The van der Waals surface area contributed by atoms with Gasteiger partial charge in [0.25, 0.3) is 0 Å². The van der Waals surface area contributed by atoms with Crippen molar-refractivity contribution in [3.63, 3.8) is 0 Å². The van der Waals surface area contributed by atoms with Crippen molar-refractivity contribution in [1.82, 2.24) is 4.90 Å². The standard InChI is InChI=1S/C16H26FN3/c1-13(2)12-19-7-9-20(10-8-19)16-4-3-14(5-6-18)11-15(16)17/h3-4,11,13H,5-10,12,18H2,1-2H3. The van der Waals surface area contributed by atoms with Crippen LogP contribution in [0.3, 0.4) is 0 Å². The SMILES string of the molecule is CC(C)CN1CCN(c2ccc(CCN)cc2F)CC1. The largest absolute Gasteiger partial charge is 0.367 e. The molecule has 0 radical (unpaired) electrons. The Morgan fingerprint density at radius 3 is 2.45 bits per heavy atom. The zero-order valence-corrected chi connectivity index (χ0v) is 12.6. The van der Waals surface area contributed by atoms with Crippen molar-refractivity contribution in [3.05, 3.63) is 29.6 Å². The quantitative estimate of drug-likeness (QED) is 0.896. The van der Waals surface area contributed by atoms with Gasteiger partial charge in [-0.3, -0.25) is 4.90 Å². The van der Waals surface area contributed by atoms with E-state index in [0.717, 1.165) is 50.4 Å². The molecule has 3 nitrogen and oxygen atoms in total. The van der Waals surface area contributed by atoms with E-state index in [0.29, 0.717) is 12.5 Å². The molecule has 112 valence electrons. The van der Waals surface area contributed by atoms with Crippen molar-refractivity contribution in [2.75, 3.05) is 44.2 Å². The second kappa shape index (κ2) is 7.04. The predicted molar refractivity (Wildman–Crippen MR) is 82.6 cm³/mol. The molecule has 0 amide bonds. The zero-order chi connectivity index (χ0) is 14.5. The summed E-state index contributed by atoms with van der Waals surface area (Å²) in [5.74, 6) is 0.571. The van der Waals surface area contributed by atoms with E-state index in [1.54, 1.807) is 6.07 Å². The van der Waals surface area contributed by atoms with Crippen LogP contribution in [0.15, 0.2) is 18.2 Å². The highest BCUT2D eigenvalue weighted by molar-refractivity contribution is 5.49. The summed E-state index contributed by atoms with van der Waals surface area (Å²) in [5, 5.41) is 0. The summed E-state index contributed by atoms with van der Waals surface area (Å²) in [6, 6.07) is 5.52. The van der Waals surface area contributed by atoms with Crippen molar-refractivity contribution in [3.8, 4) is 0 Å². The number of rotatable bonds is 5. The van der Waals surface area contributed by atoms with E-state index in [4.69, 9.17) is 5.73 Å². The highest BCUT2D eigenvalue weighted by atomic mass is 19.1. The Bertz CT molecular complexity index is 426. The molecule has 2 rings (SSSR count). The maximum absolute atomic E-state index is 14.2. The van der Waals surface area contributed by atoms with Crippen molar-refractivity contribution in [2.45, 2.75) is 20.3 Å². The fraction of sp³-hybridized carbons (Fsp3) is 0.625. The molecule has 0 bridgehead atoms. The van der Waals surface area contributed by atoms with Crippen LogP contribution in [0.2, 0.25) is 0 Å². The maximum Gasteiger partial charge on any atom is 0.146 e. The molecule has 20 heavy (non-hydrogen) atoms. The molecule has 0 aliphatic carbocycles. The normalized spacial score (nSPS) is 16.9. The molecule has 0 atom stereocenters. The van der Waals surface area contributed by atoms with Gasteiger partial charge in [-0.15, -0.1) is 0 Å². The summed E-state index contributed by atoms with van der Waals surface area (Å²) >= 11 is 0. The molecule has 0 saturated carbocycles. The first kappa shape index (κ1) is 15.3. The average molecular weight is 279 g/mol. The number of halogens is 1. The molecular weight excluding hydrogens is 253 g/mol. The monoisotopic (exact) mass is 279 g/mol. The van der Waals surface area contributed by atoms with Crippen LogP contribution >= 0.6 is 0 Å². The Morgan fingerprint density at radius 2 is 1.90 bits per heavy atom. The maximum atomic E-state index is 14.2. The number of anilines is 1. The van der Waals surface area contributed by atoms with E-state index >= 15 is 0 Å². The van der Waals surface area contributed by atoms with Crippen molar-refractivity contribution in [1.29, 1.82) is 0 Å². The van der Waals surface area contributed by atoms with Crippen LogP contribution in [0.25, 0.3) is 0 Å². The molecule has 1 aromatic carbocycles. The molecule has 0 aromatic heterocycles. The Morgan fingerprint density at radius 1 is 1.20 bits per heavy atom. The Labute approximate surface area is 121 Å². The third-order valence-corrected chi connectivity index (χ3v) is 3.78. The minimum Gasteiger partial charge on any atom is -0.367 e. The first-order valence-electron chi connectivity index (χ1n) is 7.56. The second-order valence-corrected chi connectivity index (χ2v) is 6.01. The molecular formula is C16H26FN3. The molecule has 1 fully saturated rings. The van der Waals surface area contributed by atoms with Crippen molar-refractivity contribution >= 4 is 5.69 Å². The van der Waals surface area contributed by atoms with Crippen LogP contribution in [-0.2, 0) is 6.42 Å². The van der Waals surface area contributed by atoms with E-state index in [-0.39, 0.29) is 5.82 Å². The minimum atomic E-state index is -0.117. The average Bonchev–Trinajstić information content (AvgIpc) is 2.40. The zero-order valence-electron chi connectivity index (χ0n) is 12.6. The van der Waals surface area contributed by atoms with Crippen molar-refractivity contribution in [2.24, 2.45) is 11.7 Å². The van der Waals surface area contributed by atoms with Crippen LogP contribution in [0.4, 0.5) is 10.1 Å². The number of nitrogens with zero attached hydrogens (tertiary/aromatic N) is 2. The van der Waals surface area contributed by atoms with E-state index < -0.39 is 0 Å². The van der Waals surface area contributed by atoms with Crippen LogP contribution in [-0.4, -0.2) is 44.2 Å². The summed E-state index contributed by atoms with van der Waals surface area (Å²) in [4.78, 5) is 4.61. The number of benzene rings is 1. The molecule has 2 N–H and O–H groups in total. The van der Waals surface area contributed by atoms with E-state index in [1.807, 2.05) is 12.1 Å². The highest BCUT2D eigenvalue weighted by Gasteiger charge is 2.19. The molecule has 1 aliphatic rings. The Kier molecular flexibility index (Phi) is 5.38. The van der Waals surface area contributed by atoms with E-state index in [2.05, 4.69) is 23.6 Å². The van der Waals surface area contributed by atoms with Gasteiger partial charge in [-0.05, 0) is 36.6 Å². The third kappa shape index (κ3) is 3.93. The first-order valence-corrected chi connectivity index (χ1v) is 7.56. The third-order valence-electron chi connectivity index (χ3n) is 3.78. The van der Waals surface area contributed by atoms with Crippen LogP contribution in [0.1, 0.15) is 19.4 Å². The lowest BCUT2D eigenvalue weighted by atomic mass is 10.1. The number of piperazine rings is 1. The molecule has 1 aliphatic heterocycles. The van der Waals surface area contributed by atoms with E-state index in [9.17, 15) is 4.39 Å². The summed E-state index contributed by atoms with van der Waals surface area (Å²) < 4.78 is 14.2. The van der Waals surface area contributed by atoms with Gasteiger partial charge in [-0.2, -0.15) is 0 Å². The van der Waals surface area contributed by atoms with Gasteiger partial charge in [-0.25, -0.2) is 4.39 Å². The molecule has 0 spiro atoms. The van der Waals surface area contributed by atoms with Gasteiger partial charge in [0.15, 0.2) is 0 Å². The molecule has 1 heterocycles. The lowest BCUT2D eigenvalue weighted by Crippen LogP contribution is -2.47. The Hall–Kier alpha value is -1.13. The lowest BCUT2D eigenvalue weighted by Gasteiger charge is -2.37. The summed E-state index contributed by atoms with van der Waals surface area (Å²) in [5.41, 5.74) is 7.22. The highest BCUT2D eigenvalue weighted by Crippen LogP contribution is 2.22. The smallest absolute Gasteiger partial charge is 0.146 e. The van der Waals surface area contributed by atoms with Crippen molar-refractivity contribution < 1.29 is 4.39 Å². The van der Waals surface area contributed by atoms with Crippen LogP contribution in [0, 0.1) is 11.7 Å². The molecule has 1 aromatic rings. The summed E-state index contributed by atoms with van der Waals surface area (Å²) in [6.45, 7) is 10.0. The van der Waals surface area contributed by atoms with Gasteiger partial charge >= 0.3 is 0 Å². The fourth-order valence-electron chi connectivity index (χ4n) is 2.82. The number of hydrogen-bond acceptors (Lipinski definition) is 3. The second-order valence-electron chi connectivity index (χ2n) is 6.01. The van der Waals surface area contributed by atoms with Gasteiger partial charge in [0, 0.05) is 32.7 Å². The topological polar surface area (TPSA) is 32.5 Å². The molecule has 0 unspecified atom stereocenters. The van der Waals surface area contributed by atoms with Gasteiger partial charge in [0.1, 0.15) is 5.82 Å². The number of nitrogens with two attached hydrogens (primary N) is 1. The first-order chi connectivity index (χ1) is 9.60. The van der Waals surface area contributed by atoms with Gasteiger partial charge in [-0.1, -0.05) is 19.9 Å². The van der Waals surface area contributed by atoms with Crippen LogP contribution < -0.4 is 10.6 Å². The van der Waals surface area contributed by atoms with Gasteiger partial charge < -0.3 is 10.6 Å². The fourth-order valence-corrected chi connectivity index (χ4v) is 2.82. The number of hydrogen-bond donors (Lipinski definition) is 1. The molecule has 4 heteroatoms. The lowest BCUT2D eigenvalue weighted by molar-refractivity contribution is 0.231. The van der Waals surface area contributed by atoms with Crippen LogP contribution in [0.5, 0.6) is 0 Å². The Balaban J connectivity index is 1.96. The summed E-state index contributed by atoms with van der Waals surface area (Å²) in [7, 11) is 0. The van der Waals surface area contributed by atoms with Gasteiger partial charge in [0.05, 0.1) is 5.69 Å². The predicted octanol–water partition coefficient (Wildman–Crippen LogP) is 2.10. The van der Waals surface area contributed by atoms with Gasteiger partial charge in [0.2, 0.25) is 0 Å². The summed E-state index contributed by atoms with van der Waals surface area (Å²) in [6.07, 6.45) is 0.735. The molecule has 1 saturated heterocycles. The minimum absolute atomic E-state index is 0.117.